The molecule has 0 radical (unpaired) electrons. The smallest absolute Gasteiger partial charge is 0.299 e. The number of unbranched alkanes of at least 4 members (excludes halogenated alkanes) is 9. The monoisotopic (exact) mass is 506 g/mol. The van der Waals surface area contributed by atoms with Crippen LogP contribution < -0.4 is 12.3 Å². The zero-order valence-electron chi connectivity index (χ0n) is 21.3. The molecular weight excluding hydrogens is 452 g/mol. The second-order valence-corrected chi connectivity index (χ2v) is 8.62. The number of hydrogen-bond donors (Lipinski definition) is 6. The molecule has 1 atom stereocenters. The Labute approximate surface area is 204 Å². The molecule has 0 fully saturated rings. The predicted molar refractivity (Wildman–Crippen MR) is 135 cm³/mol. The average molecular weight is 507 g/mol. The maximum atomic E-state index is 10.3. The van der Waals surface area contributed by atoms with Crippen LogP contribution in [0.5, 0.6) is 0 Å². The van der Waals surface area contributed by atoms with Crippen LogP contribution in [-0.2, 0) is 25.6 Å². The lowest BCUT2D eigenvalue weighted by Gasteiger charge is -2.29. The van der Waals surface area contributed by atoms with Gasteiger partial charge in [0.1, 0.15) is 0 Å². The van der Waals surface area contributed by atoms with Crippen molar-refractivity contribution in [3.8, 4) is 0 Å². The van der Waals surface area contributed by atoms with E-state index in [2.05, 4.69) is 6.92 Å². The van der Waals surface area contributed by atoms with E-state index in [-0.39, 0.29) is 25.0 Å². The molecule has 0 aromatic heterocycles. The van der Waals surface area contributed by atoms with Gasteiger partial charge in [0, 0.05) is 0 Å². The molecule has 10 nitrogen and oxygen atoms in total. The van der Waals surface area contributed by atoms with E-state index in [1.807, 2.05) is 13.8 Å². The van der Waals surface area contributed by atoms with Crippen molar-refractivity contribution in [1.29, 1.82) is 0 Å². The van der Waals surface area contributed by atoms with Crippen molar-refractivity contribution in [3.63, 3.8) is 0 Å². The van der Waals surface area contributed by atoms with Gasteiger partial charge >= 0.3 is 0 Å². The van der Waals surface area contributed by atoms with Gasteiger partial charge in [0.25, 0.3) is 11.4 Å². The normalized spacial score (nSPS) is 11.9. The molecule has 10 N–H and O–H groups in total. The summed E-state index contributed by atoms with van der Waals surface area (Å²) in [6, 6.07) is 0. The fraction of sp³-hybridized carbons (Fsp3) is 1.00. The summed E-state index contributed by atoms with van der Waals surface area (Å²) in [7, 11) is 0. The largest absolute Gasteiger partial charge is 0.394 e. The summed E-state index contributed by atoms with van der Waals surface area (Å²) in [4.78, 5) is 0. The number of aliphatic hydroxyl groups excluding tert-OH is 1. The molecule has 0 spiro atoms. The zero-order chi connectivity index (χ0) is 23.8. The van der Waals surface area contributed by atoms with Crippen molar-refractivity contribution in [3.05, 3.63) is 0 Å². The van der Waals surface area contributed by atoms with Crippen molar-refractivity contribution in [2.24, 2.45) is 0 Å². The quantitative estimate of drug-likeness (QED) is 0.0953. The maximum Gasteiger partial charge on any atom is 0.299 e. The van der Waals surface area contributed by atoms with E-state index >= 15 is 0 Å². The minimum atomic E-state index is -2.61. The van der Waals surface area contributed by atoms with E-state index in [0.29, 0.717) is 33.0 Å². The van der Waals surface area contributed by atoms with Crippen LogP contribution in [0.4, 0.5) is 0 Å². The highest BCUT2D eigenvalue weighted by Gasteiger charge is 2.26. The number of rotatable bonds is 21. The lowest BCUT2D eigenvalue weighted by Crippen LogP contribution is -2.39. The Morgan fingerprint density at radius 2 is 1.15 bits per heavy atom. The molecule has 0 rings (SSSR count). The summed E-state index contributed by atoms with van der Waals surface area (Å²) >= 11 is -2.61. The Bertz CT molecular complexity index is 384. The van der Waals surface area contributed by atoms with Crippen LogP contribution in [0.2, 0.25) is 0 Å². The molecule has 0 saturated heterocycles. The van der Waals surface area contributed by atoms with Crippen LogP contribution in [0.1, 0.15) is 91.4 Å². The van der Waals surface area contributed by atoms with Gasteiger partial charge in [-0.15, -0.1) is 0 Å². The number of hydrogen-bond acceptors (Lipinski definition) is 8. The average Bonchev–Trinajstić information content (AvgIpc) is 2.68. The molecule has 1 unspecified atom stereocenters. The molecule has 11 heteroatoms. The Balaban J connectivity index is -0.000000643. The maximum absolute atomic E-state index is 10.3. The van der Waals surface area contributed by atoms with Crippen LogP contribution in [0.3, 0.4) is 0 Å². The first-order valence-corrected chi connectivity index (χ1v) is 12.7. The third-order valence-corrected chi connectivity index (χ3v) is 4.76. The first-order chi connectivity index (χ1) is 14.8. The summed E-state index contributed by atoms with van der Waals surface area (Å²) in [5.41, 5.74) is -0.830. The lowest BCUT2D eigenvalue weighted by atomic mass is 9.95. The summed E-state index contributed by atoms with van der Waals surface area (Å²) < 4.78 is 39.3. The Morgan fingerprint density at radius 3 is 1.58 bits per heavy atom. The molecule has 33 heavy (non-hydrogen) atoms. The van der Waals surface area contributed by atoms with Crippen molar-refractivity contribution in [2.75, 3.05) is 39.6 Å². The predicted octanol–water partition coefficient (Wildman–Crippen LogP) is 4.48. The van der Waals surface area contributed by atoms with Gasteiger partial charge in [-0.1, -0.05) is 71.1 Å². The van der Waals surface area contributed by atoms with Crippen LogP contribution >= 0.6 is 0 Å². The molecule has 0 aliphatic heterocycles. The van der Waals surface area contributed by atoms with Crippen molar-refractivity contribution >= 4 is 11.4 Å². The van der Waals surface area contributed by atoms with Crippen molar-refractivity contribution < 1.29 is 37.7 Å². The zero-order valence-corrected chi connectivity index (χ0v) is 22.2. The molecular formula is C22H54N2O8S. The molecule has 0 aromatic carbocycles. The van der Waals surface area contributed by atoms with Gasteiger partial charge in [-0.3, -0.25) is 9.11 Å². The van der Waals surface area contributed by atoms with Gasteiger partial charge in [0.2, 0.25) is 0 Å². The third kappa shape index (κ3) is 36.5. The molecule has 0 aliphatic rings. The highest BCUT2D eigenvalue weighted by atomic mass is 32.2. The highest BCUT2D eigenvalue weighted by molar-refractivity contribution is 7.73. The molecule has 0 amide bonds. The number of aliphatic hydroxyl groups is 2. The Kier molecular flexibility index (Phi) is 36.1. The van der Waals surface area contributed by atoms with E-state index in [9.17, 15) is 5.11 Å². The minimum Gasteiger partial charge on any atom is -0.394 e. The lowest BCUT2D eigenvalue weighted by molar-refractivity contribution is -0.104. The fourth-order valence-electron chi connectivity index (χ4n) is 3.09. The van der Waals surface area contributed by atoms with E-state index < -0.39 is 17.0 Å². The Hall–Kier alpha value is -0.210. The van der Waals surface area contributed by atoms with Gasteiger partial charge in [-0.2, -0.15) is 4.21 Å². The van der Waals surface area contributed by atoms with Gasteiger partial charge < -0.3 is 36.7 Å². The Morgan fingerprint density at radius 1 is 0.758 bits per heavy atom. The van der Waals surface area contributed by atoms with Crippen LogP contribution in [-0.4, -0.2) is 74.9 Å². The fourth-order valence-corrected chi connectivity index (χ4v) is 3.09. The van der Waals surface area contributed by atoms with Gasteiger partial charge in [-0.25, -0.2) is 0 Å². The van der Waals surface area contributed by atoms with Crippen molar-refractivity contribution in [2.45, 2.75) is 103 Å². The third-order valence-electron chi connectivity index (χ3n) is 4.76. The summed E-state index contributed by atoms with van der Waals surface area (Å²) in [6.45, 7) is 8.22. The second kappa shape index (κ2) is 29.8. The standard InChI is InChI=1S/C22H46O5.2H3N.H2O3S/c1-4-5-6-7-8-9-10-11-12-13-14-21(22(2,3)24)27-20-19-26-18-17-25-16-15-23;;;1-4(2)3/h21,23-24H,4-20H2,1-3H3;2*1H3;(H2,1,2,3). The SMILES string of the molecule is CCCCCCCCCCCCC(OCCOCCOCCO)C(C)(C)O.N.N.O=S(O)O. The van der Waals surface area contributed by atoms with Crippen LogP contribution in [0.25, 0.3) is 0 Å². The highest BCUT2D eigenvalue weighted by Crippen LogP contribution is 2.20. The van der Waals surface area contributed by atoms with Gasteiger partial charge in [0.15, 0.2) is 0 Å². The van der Waals surface area contributed by atoms with E-state index in [1.165, 1.54) is 57.8 Å². The molecule has 206 valence electrons. The number of ether oxygens (including phenoxy) is 3. The van der Waals surface area contributed by atoms with E-state index in [0.717, 1.165) is 12.8 Å². The van der Waals surface area contributed by atoms with E-state index in [4.69, 9.17) is 32.6 Å². The molecule has 0 bridgehead atoms. The molecule has 0 aromatic rings. The molecule has 0 heterocycles. The minimum absolute atomic E-state index is 0. The van der Waals surface area contributed by atoms with Gasteiger partial charge in [-0.05, 0) is 20.3 Å². The van der Waals surface area contributed by atoms with Crippen molar-refractivity contribution in [1.82, 2.24) is 12.3 Å². The van der Waals surface area contributed by atoms with E-state index in [1.54, 1.807) is 0 Å². The summed E-state index contributed by atoms with van der Waals surface area (Å²) in [5.74, 6) is 0. The summed E-state index contributed by atoms with van der Waals surface area (Å²) in [6.07, 6.45) is 13.9. The summed E-state index contributed by atoms with van der Waals surface area (Å²) in [5, 5.41) is 18.9. The molecule has 0 saturated carbocycles. The van der Waals surface area contributed by atoms with Gasteiger partial charge in [0.05, 0.1) is 51.3 Å². The van der Waals surface area contributed by atoms with Crippen LogP contribution in [0, 0.1) is 0 Å². The molecule has 0 aliphatic carbocycles. The first-order valence-electron chi connectivity index (χ1n) is 11.7. The van der Waals surface area contributed by atoms with Crippen LogP contribution in [0.15, 0.2) is 0 Å². The topological polar surface area (TPSA) is 196 Å². The second-order valence-electron chi connectivity index (χ2n) is 8.16. The first kappa shape index (κ1) is 40.0.